The van der Waals surface area contributed by atoms with Crippen LogP contribution in [0.4, 0.5) is 4.79 Å². The summed E-state index contributed by atoms with van der Waals surface area (Å²) in [5.74, 6) is -5.77. The quantitative estimate of drug-likeness (QED) is 0.202. The molecule has 2 aromatic rings. The third-order valence-corrected chi connectivity index (χ3v) is 10.4. The number of esters is 5. The number of rotatable bonds is 10. The zero-order valence-electron chi connectivity index (χ0n) is 33.9. The molecular weight excluding hydrogens is 758 g/mol. The number of hydrogen-bond donors (Lipinski definition) is 1. The molecule has 2 aliphatic heterocycles. The number of nitrogens with zero attached hydrogens (tertiary/aromatic N) is 1. The highest BCUT2D eigenvalue weighted by molar-refractivity contribution is 5.91. The van der Waals surface area contributed by atoms with Crippen molar-refractivity contribution in [3.63, 3.8) is 0 Å². The summed E-state index contributed by atoms with van der Waals surface area (Å²) >= 11 is 0. The Balaban J connectivity index is 1.35. The Morgan fingerprint density at radius 3 is 2.03 bits per heavy atom. The van der Waals surface area contributed by atoms with Crippen LogP contribution in [-0.4, -0.2) is 101 Å². The molecule has 1 spiro atoms. The van der Waals surface area contributed by atoms with Gasteiger partial charge in [0, 0.05) is 37.4 Å². The van der Waals surface area contributed by atoms with Gasteiger partial charge in [0.05, 0.1) is 11.0 Å². The van der Waals surface area contributed by atoms with Crippen LogP contribution in [0.3, 0.4) is 0 Å². The second-order valence-corrected chi connectivity index (χ2v) is 16.9. The van der Waals surface area contributed by atoms with Gasteiger partial charge in [-0.15, -0.1) is 0 Å². The predicted octanol–water partition coefficient (Wildman–Crippen LogP) is 4.31. The summed E-state index contributed by atoms with van der Waals surface area (Å²) in [6, 6.07) is 10.9. The van der Waals surface area contributed by atoms with Crippen molar-refractivity contribution in [2.45, 2.75) is 127 Å². The van der Waals surface area contributed by atoms with Gasteiger partial charge in [-0.2, -0.15) is 0 Å². The first-order valence-corrected chi connectivity index (χ1v) is 19.0. The van der Waals surface area contributed by atoms with Gasteiger partial charge in [-0.3, -0.25) is 9.59 Å². The minimum atomic E-state index is -2.26. The van der Waals surface area contributed by atoms with Crippen molar-refractivity contribution in [2.75, 3.05) is 13.6 Å². The normalized spacial score (nSPS) is 24.6. The van der Waals surface area contributed by atoms with Crippen LogP contribution in [0.2, 0.25) is 0 Å². The average molecular weight is 808 g/mol. The zero-order valence-corrected chi connectivity index (χ0v) is 33.9. The number of piperidine rings is 1. The highest BCUT2D eigenvalue weighted by Gasteiger charge is 2.72. The lowest BCUT2D eigenvalue weighted by molar-refractivity contribution is -0.197. The van der Waals surface area contributed by atoms with Crippen LogP contribution in [0, 0.1) is 0 Å². The summed E-state index contributed by atoms with van der Waals surface area (Å²) in [5, 5.41) is 12.7. The first kappa shape index (κ1) is 42.1. The van der Waals surface area contributed by atoms with Crippen LogP contribution in [0.1, 0.15) is 91.0 Å². The van der Waals surface area contributed by atoms with Crippen LogP contribution in [0.5, 0.6) is 11.5 Å². The van der Waals surface area contributed by atoms with Crippen LogP contribution in [0.25, 0.3) is 0 Å². The second kappa shape index (κ2) is 15.4. The fourth-order valence-corrected chi connectivity index (χ4v) is 8.29. The summed E-state index contributed by atoms with van der Waals surface area (Å²) < 4.78 is 45.2. The van der Waals surface area contributed by atoms with Crippen molar-refractivity contribution in [1.82, 2.24) is 4.90 Å². The van der Waals surface area contributed by atoms with E-state index in [9.17, 15) is 33.9 Å². The Bertz CT molecular complexity index is 2030. The molecule has 6 rings (SSSR count). The maximum absolute atomic E-state index is 14.3. The zero-order chi connectivity index (χ0) is 42.5. The van der Waals surface area contributed by atoms with Crippen molar-refractivity contribution in [2.24, 2.45) is 0 Å². The Labute approximate surface area is 335 Å². The largest absolute Gasteiger partial charge is 0.514 e. The minimum absolute atomic E-state index is 0.0111. The van der Waals surface area contributed by atoms with Gasteiger partial charge in [-0.25, -0.2) is 19.2 Å². The molecular formula is C42H49NO15. The Kier molecular flexibility index (Phi) is 11.2. The molecule has 2 aromatic carbocycles. The molecule has 58 heavy (non-hydrogen) atoms. The maximum Gasteiger partial charge on any atom is 0.514 e. The number of carbonyl (C=O) groups excluding carboxylic acids is 6. The van der Waals surface area contributed by atoms with E-state index in [1.54, 1.807) is 71.9 Å². The summed E-state index contributed by atoms with van der Waals surface area (Å²) in [7, 11) is 1.91. The van der Waals surface area contributed by atoms with Gasteiger partial charge >= 0.3 is 36.0 Å². The molecule has 1 unspecified atom stereocenters. The van der Waals surface area contributed by atoms with Crippen molar-refractivity contribution in [3.05, 3.63) is 71.0 Å². The van der Waals surface area contributed by atoms with Crippen molar-refractivity contribution >= 4 is 36.0 Å². The van der Waals surface area contributed by atoms with Crippen molar-refractivity contribution in [1.29, 1.82) is 0 Å². The Hall–Kier alpha value is -5.48. The number of likely N-dealkylation sites (tertiary alicyclic amines) is 1. The maximum atomic E-state index is 14.3. The number of carbonyl (C=O) groups is 6. The molecule has 0 amide bonds. The molecule has 0 aromatic heterocycles. The fourth-order valence-electron chi connectivity index (χ4n) is 8.29. The number of likely N-dealkylation sites (N-methyl/N-ethyl adjacent to an activating group) is 1. The minimum Gasteiger partial charge on any atom is -0.477 e. The third-order valence-electron chi connectivity index (χ3n) is 10.4. The fraction of sp³-hybridized carbons (Fsp3) is 0.524. The highest BCUT2D eigenvalue weighted by Crippen LogP contribution is 2.65. The number of aliphatic hydroxyl groups is 1. The number of hydrogen-bond acceptors (Lipinski definition) is 16. The van der Waals surface area contributed by atoms with E-state index in [0.717, 1.165) is 19.4 Å². The van der Waals surface area contributed by atoms with Gasteiger partial charge in [0.15, 0.2) is 17.6 Å². The van der Waals surface area contributed by atoms with Gasteiger partial charge in [0.25, 0.3) is 0 Å². The molecule has 312 valence electrons. The standard InChI is InChI=1S/C42H49NO15/c1-22(44)51-32(33(52-23(2)45)36(47)56-30(24-13-11-10-12-14-24)37(48)57-39(3,4)5)35(46)53-27-17-18-42(50)28-21-25-15-16-26(54-38(49)58-40(6,7)8)31-29(25)41(42,34(27)55-31)19-20-43(28)9/h10-17,28,30,32-34,50H,18-21H2,1-9H3/t28-,30?,32-,33-,34+,41+,42-/m1/s1. The molecule has 0 saturated carbocycles. The lowest BCUT2D eigenvalue weighted by atomic mass is 9.50. The van der Waals surface area contributed by atoms with Gasteiger partial charge in [0.2, 0.25) is 18.3 Å². The molecule has 1 N–H and O–H groups in total. The van der Waals surface area contributed by atoms with E-state index >= 15 is 0 Å². The Morgan fingerprint density at radius 2 is 1.43 bits per heavy atom. The van der Waals surface area contributed by atoms with Crippen LogP contribution in [0.15, 0.2) is 54.3 Å². The Morgan fingerprint density at radius 1 is 0.810 bits per heavy atom. The van der Waals surface area contributed by atoms with Crippen LogP contribution < -0.4 is 9.47 Å². The SMILES string of the molecule is CC(=O)O[C@@H](C(=O)OC1=CC[C@@]2(O)[C@H]3Cc4ccc(OC(=O)OC(C)(C)C)c5c4[C@@]2(CCN3C)[C@H]1O5)[C@@H](OC(C)=O)C(=O)OC(C(=O)OC(C)(C)C)c1ccccc1. The van der Waals surface area contributed by atoms with Gasteiger partial charge < -0.3 is 47.9 Å². The van der Waals surface area contributed by atoms with Crippen LogP contribution >= 0.6 is 0 Å². The first-order chi connectivity index (χ1) is 27.0. The summed E-state index contributed by atoms with van der Waals surface area (Å²) in [4.78, 5) is 81.4. The third kappa shape index (κ3) is 7.99. The highest BCUT2D eigenvalue weighted by atomic mass is 16.7. The lowest BCUT2D eigenvalue weighted by Crippen LogP contribution is -2.74. The molecule has 4 aliphatic rings. The average Bonchev–Trinajstić information content (AvgIpc) is 3.47. The van der Waals surface area contributed by atoms with Gasteiger partial charge in [-0.05, 0) is 85.7 Å². The smallest absolute Gasteiger partial charge is 0.477 e. The molecule has 2 aliphatic carbocycles. The summed E-state index contributed by atoms with van der Waals surface area (Å²) in [5.41, 5.74) is -2.89. The second-order valence-electron chi connectivity index (χ2n) is 16.9. The number of benzene rings is 2. The van der Waals surface area contributed by atoms with E-state index < -0.39 is 82.6 Å². The van der Waals surface area contributed by atoms with Crippen molar-refractivity contribution < 1.29 is 71.8 Å². The summed E-state index contributed by atoms with van der Waals surface area (Å²) in [6.07, 6.45) is -6.11. The molecule has 2 heterocycles. The van der Waals surface area contributed by atoms with Gasteiger partial charge in [-0.1, -0.05) is 36.4 Å². The lowest BCUT2D eigenvalue weighted by Gasteiger charge is -2.61. The number of ether oxygens (including phenoxy) is 8. The molecule has 1 saturated heterocycles. The molecule has 2 bridgehead atoms. The molecule has 16 nitrogen and oxygen atoms in total. The van der Waals surface area contributed by atoms with E-state index in [2.05, 4.69) is 4.90 Å². The van der Waals surface area contributed by atoms with E-state index in [4.69, 9.17) is 37.9 Å². The molecule has 1 fully saturated rings. The molecule has 0 radical (unpaired) electrons. The van der Waals surface area contributed by atoms with E-state index in [1.165, 1.54) is 18.2 Å². The molecule has 7 atom stereocenters. The monoisotopic (exact) mass is 807 g/mol. The topological polar surface area (TPSA) is 200 Å². The van der Waals surface area contributed by atoms with Crippen LogP contribution in [-0.2, 0) is 64.2 Å². The van der Waals surface area contributed by atoms with E-state index in [-0.39, 0.29) is 35.3 Å². The predicted molar refractivity (Wildman–Crippen MR) is 200 cm³/mol. The summed E-state index contributed by atoms with van der Waals surface area (Å²) in [6.45, 7) is 12.3. The molecule has 16 heteroatoms. The van der Waals surface area contributed by atoms with Crippen molar-refractivity contribution in [3.8, 4) is 11.5 Å². The first-order valence-electron chi connectivity index (χ1n) is 19.0. The van der Waals surface area contributed by atoms with E-state index in [1.807, 2.05) is 7.05 Å². The van der Waals surface area contributed by atoms with Gasteiger partial charge in [0.1, 0.15) is 17.0 Å². The van der Waals surface area contributed by atoms with E-state index in [0.29, 0.717) is 24.9 Å².